The molecule has 2 unspecified atom stereocenters. The minimum Gasteiger partial charge on any atom is -0.390 e. The maximum atomic E-state index is 12.8. The van der Waals surface area contributed by atoms with Gasteiger partial charge in [-0.2, -0.15) is 5.10 Å². The minimum absolute atomic E-state index is 0.0400. The number of nitrogens with zero attached hydrogens (tertiary/aromatic N) is 2. The fraction of sp³-hybridized carbons (Fsp3) is 0.269. The molecule has 5 rings (SSSR count). The van der Waals surface area contributed by atoms with E-state index in [1.54, 1.807) is 23.5 Å². The van der Waals surface area contributed by atoms with Crippen molar-refractivity contribution in [1.82, 2.24) is 20.5 Å². The average Bonchev–Trinajstić information content (AvgIpc) is 3.58. The number of aromatic nitrogens is 3. The van der Waals surface area contributed by atoms with E-state index in [0.717, 1.165) is 34.7 Å². The molecule has 0 saturated carbocycles. The molecule has 1 amide bonds. The standard InChI is InChI=1S/C26H26N4O3S/c31-15-21-13-22(30-29-21)19-7-4-8-20(12-19)25(32)27-14-17-9-10-33-24(11-17)26-28-23(16-34-26)18-5-2-1-3-6-18/h1-8,12-13,16-17,24,31H,9-11,14-15H2,(H,27,32)(H,29,30). The molecule has 2 atom stereocenters. The molecule has 0 spiro atoms. The normalized spacial score (nSPS) is 18.0. The van der Waals surface area contributed by atoms with Gasteiger partial charge in [-0.3, -0.25) is 9.89 Å². The Morgan fingerprint density at radius 1 is 1.12 bits per heavy atom. The fourth-order valence-corrected chi connectivity index (χ4v) is 5.04. The molecule has 2 aromatic heterocycles. The van der Waals surface area contributed by atoms with Gasteiger partial charge in [-0.25, -0.2) is 4.98 Å². The summed E-state index contributed by atoms with van der Waals surface area (Å²) < 4.78 is 6.02. The number of hydrogen-bond donors (Lipinski definition) is 3. The number of rotatable bonds is 7. The molecular formula is C26H26N4O3S. The number of aliphatic hydroxyl groups excluding tert-OH is 1. The highest BCUT2D eigenvalue weighted by atomic mass is 32.1. The van der Waals surface area contributed by atoms with Gasteiger partial charge in [0.25, 0.3) is 5.91 Å². The third kappa shape index (κ3) is 5.09. The number of carbonyl (C=O) groups excluding carboxylic acids is 1. The Morgan fingerprint density at radius 3 is 2.79 bits per heavy atom. The third-order valence-corrected chi connectivity index (χ3v) is 6.97. The van der Waals surface area contributed by atoms with Gasteiger partial charge in [0.2, 0.25) is 0 Å². The quantitative estimate of drug-likeness (QED) is 0.364. The van der Waals surface area contributed by atoms with E-state index in [2.05, 4.69) is 33.0 Å². The fourth-order valence-electron chi connectivity index (χ4n) is 4.15. The lowest BCUT2D eigenvalue weighted by Gasteiger charge is -2.28. The first-order valence-corrected chi connectivity index (χ1v) is 12.2. The molecule has 34 heavy (non-hydrogen) atoms. The Balaban J connectivity index is 1.19. The first-order valence-electron chi connectivity index (χ1n) is 11.4. The van der Waals surface area contributed by atoms with Gasteiger partial charge in [0.15, 0.2) is 0 Å². The van der Waals surface area contributed by atoms with Crippen LogP contribution in [0.15, 0.2) is 66.0 Å². The lowest BCUT2D eigenvalue weighted by atomic mass is 9.95. The van der Waals surface area contributed by atoms with Crippen LogP contribution in [0, 0.1) is 5.92 Å². The van der Waals surface area contributed by atoms with Crippen LogP contribution in [0.2, 0.25) is 0 Å². The van der Waals surface area contributed by atoms with Crippen molar-refractivity contribution in [2.24, 2.45) is 5.92 Å². The number of benzene rings is 2. The number of amides is 1. The second-order valence-electron chi connectivity index (χ2n) is 8.41. The molecule has 3 heterocycles. The van der Waals surface area contributed by atoms with Crippen LogP contribution >= 0.6 is 11.3 Å². The van der Waals surface area contributed by atoms with Crippen LogP contribution in [-0.2, 0) is 11.3 Å². The van der Waals surface area contributed by atoms with Crippen molar-refractivity contribution < 1.29 is 14.6 Å². The van der Waals surface area contributed by atoms with E-state index in [-0.39, 0.29) is 18.6 Å². The largest absolute Gasteiger partial charge is 0.390 e. The molecular weight excluding hydrogens is 448 g/mol. The first-order chi connectivity index (χ1) is 16.7. The van der Waals surface area contributed by atoms with Gasteiger partial charge in [-0.1, -0.05) is 42.5 Å². The first kappa shape index (κ1) is 22.5. The Morgan fingerprint density at radius 2 is 1.97 bits per heavy atom. The highest BCUT2D eigenvalue weighted by molar-refractivity contribution is 7.10. The van der Waals surface area contributed by atoms with Gasteiger partial charge in [0, 0.05) is 35.2 Å². The molecule has 0 radical (unpaired) electrons. The summed E-state index contributed by atoms with van der Waals surface area (Å²) in [6.45, 7) is 1.15. The van der Waals surface area contributed by atoms with Crippen molar-refractivity contribution in [2.45, 2.75) is 25.6 Å². The number of hydrogen-bond acceptors (Lipinski definition) is 6. The minimum atomic E-state index is -0.108. The zero-order chi connectivity index (χ0) is 23.3. The van der Waals surface area contributed by atoms with Crippen LogP contribution < -0.4 is 5.32 Å². The van der Waals surface area contributed by atoms with Gasteiger partial charge in [-0.15, -0.1) is 11.3 Å². The number of ether oxygens (including phenoxy) is 1. The highest BCUT2D eigenvalue weighted by Gasteiger charge is 2.27. The van der Waals surface area contributed by atoms with Crippen LogP contribution in [0.1, 0.15) is 40.0 Å². The Hall–Kier alpha value is -3.33. The van der Waals surface area contributed by atoms with Crippen LogP contribution in [0.4, 0.5) is 0 Å². The molecule has 1 aliphatic heterocycles. The molecule has 1 saturated heterocycles. The Kier molecular flexibility index (Phi) is 6.80. The van der Waals surface area contributed by atoms with Crippen LogP contribution in [0.3, 0.4) is 0 Å². The second-order valence-corrected chi connectivity index (χ2v) is 9.30. The van der Waals surface area contributed by atoms with Crippen molar-refractivity contribution >= 4 is 17.2 Å². The van der Waals surface area contributed by atoms with Crippen molar-refractivity contribution in [3.8, 4) is 22.5 Å². The van der Waals surface area contributed by atoms with Crippen LogP contribution in [0.25, 0.3) is 22.5 Å². The zero-order valence-electron chi connectivity index (χ0n) is 18.6. The van der Waals surface area contributed by atoms with Gasteiger partial charge < -0.3 is 15.2 Å². The summed E-state index contributed by atoms with van der Waals surface area (Å²) in [5.41, 5.74) is 4.82. The van der Waals surface area contributed by atoms with E-state index in [1.165, 1.54) is 0 Å². The molecule has 3 N–H and O–H groups in total. The second kappa shape index (κ2) is 10.3. The van der Waals surface area contributed by atoms with Crippen LogP contribution in [-0.4, -0.2) is 39.3 Å². The molecule has 1 fully saturated rings. The number of thiazole rings is 1. The van der Waals surface area contributed by atoms with E-state index >= 15 is 0 Å². The topological polar surface area (TPSA) is 100 Å². The molecule has 4 aromatic rings. The predicted octanol–water partition coefficient (Wildman–Crippen LogP) is 4.59. The number of nitrogens with one attached hydrogen (secondary N) is 2. The molecule has 2 aromatic carbocycles. The molecule has 7 nitrogen and oxygen atoms in total. The molecule has 8 heteroatoms. The summed E-state index contributed by atoms with van der Waals surface area (Å²) in [6.07, 6.45) is 1.70. The van der Waals surface area contributed by atoms with Gasteiger partial charge in [0.05, 0.1) is 23.7 Å². The maximum Gasteiger partial charge on any atom is 0.251 e. The number of aliphatic hydroxyl groups is 1. The smallest absolute Gasteiger partial charge is 0.251 e. The lowest BCUT2D eigenvalue weighted by molar-refractivity contribution is -0.00989. The Labute approximate surface area is 201 Å². The van der Waals surface area contributed by atoms with Gasteiger partial charge >= 0.3 is 0 Å². The molecule has 174 valence electrons. The number of carbonyl (C=O) groups is 1. The van der Waals surface area contributed by atoms with Crippen molar-refractivity contribution in [3.05, 3.63) is 82.3 Å². The van der Waals surface area contributed by atoms with Crippen molar-refractivity contribution in [2.75, 3.05) is 13.2 Å². The number of H-pyrrole nitrogens is 1. The summed E-state index contributed by atoms with van der Waals surface area (Å²) in [6, 6.07) is 19.3. The van der Waals surface area contributed by atoms with E-state index in [1.807, 2.05) is 36.4 Å². The van der Waals surface area contributed by atoms with Crippen LogP contribution in [0.5, 0.6) is 0 Å². The SMILES string of the molecule is O=C(NCC1CCOC(c2nc(-c3ccccc3)cs2)C1)c1cccc(-c2cc(CO)[nH]n2)c1. The lowest BCUT2D eigenvalue weighted by Crippen LogP contribution is -2.33. The van der Waals surface area contributed by atoms with Crippen molar-refractivity contribution in [1.29, 1.82) is 0 Å². The summed E-state index contributed by atoms with van der Waals surface area (Å²) >= 11 is 1.63. The highest BCUT2D eigenvalue weighted by Crippen LogP contribution is 2.35. The van der Waals surface area contributed by atoms with E-state index in [4.69, 9.17) is 9.72 Å². The average molecular weight is 475 g/mol. The summed E-state index contributed by atoms with van der Waals surface area (Å²) in [5, 5.41) is 22.4. The molecule has 0 bridgehead atoms. The van der Waals surface area contributed by atoms with E-state index < -0.39 is 0 Å². The predicted molar refractivity (Wildman–Crippen MR) is 131 cm³/mol. The molecule has 0 aliphatic carbocycles. The van der Waals surface area contributed by atoms with E-state index in [9.17, 15) is 9.90 Å². The summed E-state index contributed by atoms with van der Waals surface area (Å²) in [7, 11) is 0. The third-order valence-electron chi connectivity index (χ3n) is 6.03. The Bertz CT molecular complexity index is 1250. The number of aromatic amines is 1. The van der Waals surface area contributed by atoms with Gasteiger partial charge in [0.1, 0.15) is 11.1 Å². The van der Waals surface area contributed by atoms with Crippen molar-refractivity contribution in [3.63, 3.8) is 0 Å². The summed E-state index contributed by atoms with van der Waals surface area (Å²) in [4.78, 5) is 17.6. The monoisotopic (exact) mass is 474 g/mol. The summed E-state index contributed by atoms with van der Waals surface area (Å²) in [5.74, 6) is 0.219. The maximum absolute atomic E-state index is 12.8. The molecule has 1 aliphatic rings. The zero-order valence-corrected chi connectivity index (χ0v) is 19.4. The van der Waals surface area contributed by atoms with E-state index in [0.29, 0.717) is 36.0 Å². The van der Waals surface area contributed by atoms with Gasteiger partial charge in [-0.05, 0) is 37.0 Å².